The molecule has 0 aliphatic carbocycles. The summed E-state index contributed by atoms with van der Waals surface area (Å²) < 4.78 is 47.5. The molecular formula is C25H47F3O2. The Balaban J connectivity index is 1.65. The van der Waals surface area contributed by atoms with E-state index in [-0.39, 0.29) is 0 Å². The molecule has 0 N–H and O–H groups in total. The minimum atomic E-state index is -3.97. The zero-order chi connectivity index (χ0) is 21.8. The van der Waals surface area contributed by atoms with Crippen LogP contribution in [0.4, 0.5) is 13.2 Å². The normalized spacial score (nSPS) is 17.5. The Labute approximate surface area is 183 Å². The van der Waals surface area contributed by atoms with Crippen molar-refractivity contribution in [3.63, 3.8) is 0 Å². The molecule has 1 aliphatic heterocycles. The van der Waals surface area contributed by atoms with E-state index in [1.165, 1.54) is 89.9 Å². The third-order valence-electron chi connectivity index (χ3n) is 6.08. The predicted octanol–water partition coefficient (Wildman–Crippen LogP) is 8.77. The van der Waals surface area contributed by atoms with Crippen molar-refractivity contribution in [2.75, 3.05) is 19.8 Å². The van der Waals surface area contributed by atoms with Gasteiger partial charge in [-0.05, 0) is 32.1 Å². The van der Waals surface area contributed by atoms with Gasteiger partial charge in [-0.15, -0.1) is 0 Å². The quantitative estimate of drug-likeness (QED) is 0.178. The molecule has 30 heavy (non-hydrogen) atoms. The molecule has 1 unspecified atom stereocenters. The van der Waals surface area contributed by atoms with Gasteiger partial charge in [0.15, 0.2) is 0 Å². The van der Waals surface area contributed by atoms with Gasteiger partial charge in [-0.3, -0.25) is 0 Å². The lowest BCUT2D eigenvalue weighted by Crippen LogP contribution is -2.24. The Hall–Kier alpha value is -0.290. The number of alkyl halides is 3. The first-order chi connectivity index (χ1) is 14.6. The molecule has 5 heteroatoms. The van der Waals surface area contributed by atoms with Crippen LogP contribution in [0.1, 0.15) is 128 Å². The van der Waals surface area contributed by atoms with Crippen molar-refractivity contribution < 1.29 is 22.6 Å². The summed E-state index contributed by atoms with van der Waals surface area (Å²) in [5.74, 6) is 0. The van der Waals surface area contributed by atoms with Gasteiger partial charge in [0.1, 0.15) is 0 Å². The third-order valence-corrected chi connectivity index (χ3v) is 6.08. The van der Waals surface area contributed by atoms with Gasteiger partial charge < -0.3 is 9.47 Å². The average Bonchev–Trinajstić information content (AvgIpc) is 2.72. The molecule has 1 fully saturated rings. The Bertz CT molecular complexity index is 355. The van der Waals surface area contributed by atoms with Crippen LogP contribution in [0.5, 0.6) is 0 Å². The molecule has 1 saturated heterocycles. The topological polar surface area (TPSA) is 18.5 Å². The summed E-state index contributed by atoms with van der Waals surface area (Å²) >= 11 is 0. The van der Waals surface area contributed by atoms with Gasteiger partial charge in [-0.2, -0.15) is 13.2 Å². The van der Waals surface area contributed by atoms with Crippen molar-refractivity contribution in [3.8, 4) is 0 Å². The van der Waals surface area contributed by atoms with Crippen LogP contribution in [-0.2, 0) is 9.47 Å². The molecule has 0 bridgehead atoms. The maximum absolute atomic E-state index is 12.0. The van der Waals surface area contributed by atoms with Crippen molar-refractivity contribution >= 4 is 0 Å². The lowest BCUT2D eigenvalue weighted by Gasteiger charge is -2.22. The monoisotopic (exact) mass is 436 g/mol. The summed E-state index contributed by atoms with van der Waals surface area (Å²) in [7, 11) is 0. The van der Waals surface area contributed by atoms with Crippen molar-refractivity contribution in [2.24, 2.45) is 0 Å². The van der Waals surface area contributed by atoms with Gasteiger partial charge in [0.05, 0.1) is 12.7 Å². The zero-order valence-corrected chi connectivity index (χ0v) is 19.3. The summed E-state index contributed by atoms with van der Waals surface area (Å²) in [5.41, 5.74) is 0. The largest absolute Gasteiger partial charge is 0.389 e. The van der Waals surface area contributed by atoms with Crippen LogP contribution < -0.4 is 0 Å². The van der Waals surface area contributed by atoms with Gasteiger partial charge in [0.25, 0.3) is 0 Å². The molecule has 0 aromatic carbocycles. The fourth-order valence-corrected chi connectivity index (χ4v) is 4.16. The maximum atomic E-state index is 12.0. The van der Waals surface area contributed by atoms with Crippen LogP contribution in [0.25, 0.3) is 0 Å². The smallest absolute Gasteiger partial charge is 0.379 e. The number of rotatable bonds is 20. The van der Waals surface area contributed by atoms with Gasteiger partial charge in [0.2, 0.25) is 0 Å². The second kappa shape index (κ2) is 19.4. The van der Waals surface area contributed by atoms with Crippen LogP contribution in [0.2, 0.25) is 0 Å². The predicted molar refractivity (Wildman–Crippen MR) is 119 cm³/mol. The number of hydrogen-bond donors (Lipinski definition) is 0. The van der Waals surface area contributed by atoms with Crippen LogP contribution in [-0.4, -0.2) is 32.1 Å². The second-order valence-electron chi connectivity index (χ2n) is 9.09. The van der Waals surface area contributed by atoms with E-state index in [4.69, 9.17) is 9.47 Å². The fraction of sp³-hybridized carbons (Fsp3) is 1.00. The minimum Gasteiger partial charge on any atom is -0.379 e. The maximum Gasteiger partial charge on any atom is 0.389 e. The fourth-order valence-electron chi connectivity index (χ4n) is 4.16. The molecule has 0 amide bonds. The summed E-state index contributed by atoms with van der Waals surface area (Å²) in [5, 5.41) is 0. The molecule has 1 heterocycles. The van der Waals surface area contributed by atoms with E-state index in [2.05, 4.69) is 0 Å². The second-order valence-corrected chi connectivity index (χ2v) is 9.09. The summed E-state index contributed by atoms with van der Waals surface area (Å²) in [4.78, 5) is 0. The molecule has 0 spiro atoms. The lowest BCUT2D eigenvalue weighted by atomic mass is 10.0. The van der Waals surface area contributed by atoms with Gasteiger partial charge in [0, 0.05) is 19.6 Å². The first-order valence-electron chi connectivity index (χ1n) is 12.8. The SMILES string of the molecule is FC(F)(F)CCCCCCCCCCCCCCCCCCOCC1CCCCO1. The highest BCUT2D eigenvalue weighted by atomic mass is 19.4. The first-order valence-corrected chi connectivity index (χ1v) is 12.8. The van der Waals surface area contributed by atoms with Gasteiger partial charge >= 0.3 is 6.18 Å². The van der Waals surface area contributed by atoms with Crippen molar-refractivity contribution in [1.29, 1.82) is 0 Å². The average molecular weight is 437 g/mol. The van der Waals surface area contributed by atoms with E-state index in [9.17, 15) is 13.2 Å². The lowest BCUT2D eigenvalue weighted by molar-refractivity contribution is -0.135. The number of hydrogen-bond acceptors (Lipinski definition) is 2. The molecule has 0 aromatic rings. The molecule has 0 aromatic heterocycles. The zero-order valence-electron chi connectivity index (χ0n) is 19.3. The van der Waals surface area contributed by atoms with Crippen molar-refractivity contribution in [1.82, 2.24) is 0 Å². The molecular weight excluding hydrogens is 389 g/mol. The molecule has 1 atom stereocenters. The minimum absolute atomic E-state index is 0.299. The number of unbranched alkanes of at least 4 members (excludes halogenated alkanes) is 15. The molecule has 2 nitrogen and oxygen atoms in total. The Morgan fingerprint density at radius 2 is 1.10 bits per heavy atom. The number of ether oxygens (including phenoxy) is 2. The van der Waals surface area contributed by atoms with E-state index < -0.39 is 12.6 Å². The van der Waals surface area contributed by atoms with Crippen molar-refractivity contribution in [3.05, 3.63) is 0 Å². The summed E-state index contributed by atoms with van der Waals surface area (Å²) in [6.45, 7) is 2.57. The van der Waals surface area contributed by atoms with Gasteiger partial charge in [-0.25, -0.2) is 0 Å². The van der Waals surface area contributed by atoms with Crippen LogP contribution >= 0.6 is 0 Å². The highest BCUT2D eigenvalue weighted by Crippen LogP contribution is 2.23. The molecule has 1 aliphatic rings. The number of halogens is 3. The molecule has 1 rings (SSSR count). The summed E-state index contributed by atoms with van der Waals surface area (Å²) in [6.07, 6.45) is 18.0. The molecule has 180 valence electrons. The van der Waals surface area contributed by atoms with E-state index in [0.29, 0.717) is 12.5 Å². The van der Waals surface area contributed by atoms with E-state index >= 15 is 0 Å². The van der Waals surface area contributed by atoms with Crippen LogP contribution in [0.15, 0.2) is 0 Å². The van der Waals surface area contributed by atoms with E-state index in [1.807, 2.05) is 0 Å². The van der Waals surface area contributed by atoms with Gasteiger partial charge in [-0.1, -0.05) is 89.9 Å². The molecule has 0 saturated carbocycles. The third kappa shape index (κ3) is 19.7. The highest BCUT2D eigenvalue weighted by molar-refractivity contribution is 4.62. The highest BCUT2D eigenvalue weighted by Gasteiger charge is 2.25. The van der Waals surface area contributed by atoms with Crippen LogP contribution in [0.3, 0.4) is 0 Å². The van der Waals surface area contributed by atoms with Crippen LogP contribution in [0, 0.1) is 0 Å². The summed E-state index contributed by atoms with van der Waals surface area (Å²) in [6, 6.07) is 0. The first kappa shape index (κ1) is 27.7. The Kier molecular flexibility index (Phi) is 17.9. The Morgan fingerprint density at radius 3 is 1.53 bits per heavy atom. The van der Waals surface area contributed by atoms with E-state index in [0.717, 1.165) is 45.5 Å². The molecule has 0 radical (unpaired) electrons. The van der Waals surface area contributed by atoms with E-state index in [1.54, 1.807) is 0 Å². The standard InChI is InChI=1S/C25H47F3O2/c26-25(27,28)20-16-13-11-9-7-5-3-1-2-4-6-8-10-12-14-17-21-29-23-24-19-15-18-22-30-24/h24H,1-23H2. The van der Waals surface area contributed by atoms with Crippen molar-refractivity contribution in [2.45, 2.75) is 141 Å². The Morgan fingerprint density at radius 1 is 0.633 bits per heavy atom.